The SMILES string of the molecule is CC(=O)N[C@@H]1CC[C@H]2CCOc3ccccc3C(=O)N3CCN(Cc4nccn4C)C[C@H]3C(=O)NC[C@H]1O2. The summed E-state index contributed by atoms with van der Waals surface area (Å²) in [7, 11) is 1.94. The van der Waals surface area contributed by atoms with Crippen LogP contribution in [0.15, 0.2) is 36.7 Å². The molecule has 0 spiro atoms. The number of imidazole rings is 1. The van der Waals surface area contributed by atoms with Crippen LogP contribution in [0.2, 0.25) is 0 Å². The summed E-state index contributed by atoms with van der Waals surface area (Å²) in [6.07, 6.45) is 5.39. The van der Waals surface area contributed by atoms with E-state index in [9.17, 15) is 14.4 Å². The number of fused-ring (bicyclic) bond motifs is 4. The molecule has 2 bridgehead atoms. The molecule has 1 aromatic heterocycles. The molecule has 0 saturated carbocycles. The van der Waals surface area contributed by atoms with Crippen LogP contribution in [0.1, 0.15) is 42.4 Å². The molecule has 2 N–H and O–H groups in total. The zero-order valence-electron chi connectivity index (χ0n) is 22.0. The monoisotopic (exact) mass is 524 g/mol. The summed E-state index contributed by atoms with van der Waals surface area (Å²) in [5, 5.41) is 6.01. The van der Waals surface area contributed by atoms with Crippen molar-refractivity contribution in [3.63, 3.8) is 0 Å². The van der Waals surface area contributed by atoms with E-state index in [2.05, 4.69) is 20.5 Å². The van der Waals surface area contributed by atoms with Crippen LogP contribution < -0.4 is 15.4 Å². The number of hydrogen-bond donors (Lipinski definition) is 2. The highest BCUT2D eigenvalue weighted by Gasteiger charge is 2.38. The molecule has 0 aliphatic carbocycles. The molecule has 11 nitrogen and oxygen atoms in total. The number of carbonyl (C=O) groups excluding carboxylic acids is 3. The molecular formula is C27H36N6O5. The standard InChI is InChI=1S/C27H36N6O5/c1-18(34)30-21-8-7-19-9-14-37-23-6-4-3-5-20(23)27(36)33-13-12-32(17-25-28-10-11-31(25)2)16-22(33)26(35)29-15-24(21)38-19/h3-6,10-11,19,21-22,24H,7-9,12-17H2,1-2H3,(H,29,35)(H,30,34)/t19-,21+,22-,24+/m0/s1. The minimum absolute atomic E-state index is 0.0628. The number of para-hydroxylation sites is 1. The Balaban J connectivity index is 1.41. The first-order valence-electron chi connectivity index (χ1n) is 13.3. The van der Waals surface area contributed by atoms with Crippen LogP contribution in [-0.4, -0.2) is 94.1 Å². The molecule has 2 saturated heterocycles. The van der Waals surface area contributed by atoms with Crippen molar-refractivity contribution in [2.75, 3.05) is 32.8 Å². The Morgan fingerprint density at radius 2 is 2.03 bits per heavy atom. The van der Waals surface area contributed by atoms with Gasteiger partial charge in [0.05, 0.1) is 37.0 Å². The maximum atomic E-state index is 13.8. The van der Waals surface area contributed by atoms with Crippen LogP contribution in [0.4, 0.5) is 0 Å². The summed E-state index contributed by atoms with van der Waals surface area (Å²) >= 11 is 0. The van der Waals surface area contributed by atoms with Crippen LogP contribution in [0, 0.1) is 0 Å². The van der Waals surface area contributed by atoms with Crippen molar-refractivity contribution >= 4 is 17.7 Å². The number of carbonyl (C=O) groups is 3. The molecule has 3 amide bonds. The molecule has 0 unspecified atom stereocenters. The number of aryl methyl sites for hydroxylation is 1. The molecule has 204 valence electrons. The second-order valence-electron chi connectivity index (χ2n) is 10.3. The van der Waals surface area contributed by atoms with E-state index in [0.717, 1.165) is 18.7 Å². The minimum atomic E-state index is -0.703. The lowest BCUT2D eigenvalue weighted by atomic mass is 9.96. The Morgan fingerprint density at radius 1 is 1.18 bits per heavy atom. The fraction of sp³-hybridized carbons (Fsp3) is 0.556. The lowest BCUT2D eigenvalue weighted by Gasteiger charge is -2.41. The van der Waals surface area contributed by atoms with Gasteiger partial charge in [0.25, 0.3) is 5.91 Å². The van der Waals surface area contributed by atoms with Crippen molar-refractivity contribution in [3.05, 3.63) is 48.0 Å². The zero-order chi connectivity index (χ0) is 26.6. The van der Waals surface area contributed by atoms with Crippen molar-refractivity contribution in [2.24, 2.45) is 7.05 Å². The number of aromatic nitrogens is 2. The van der Waals surface area contributed by atoms with E-state index < -0.39 is 6.04 Å². The van der Waals surface area contributed by atoms with Gasteiger partial charge in [0, 0.05) is 59.0 Å². The highest BCUT2D eigenvalue weighted by atomic mass is 16.5. The summed E-state index contributed by atoms with van der Waals surface area (Å²) in [5.74, 6) is 0.807. The van der Waals surface area contributed by atoms with E-state index in [0.29, 0.717) is 50.5 Å². The summed E-state index contributed by atoms with van der Waals surface area (Å²) < 4.78 is 14.4. The van der Waals surface area contributed by atoms with Gasteiger partial charge in [-0.3, -0.25) is 19.3 Å². The van der Waals surface area contributed by atoms with Crippen molar-refractivity contribution in [1.82, 2.24) is 30.0 Å². The van der Waals surface area contributed by atoms with Gasteiger partial charge in [-0.25, -0.2) is 4.98 Å². The quantitative estimate of drug-likeness (QED) is 0.607. The Hall–Kier alpha value is -3.44. The number of ether oxygens (including phenoxy) is 2. The first kappa shape index (κ1) is 26.2. The fourth-order valence-corrected chi connectivity index (χ4v) is 5.53. The van der Waals surface area contributed by atoms with Crippen LogP contribution in [0.25, 0.3) is 0 Å². The van der Waals surface area contributed by atoms with Crippen molar-refractivity contribution < 1.29 is 23.9 Å². The predicted molar refractivity (Wildman–Crippen MR) is 138 cm³/mol. The normalized spacial score (nSPS) is 26.8. The van der Waals surface area contributed by atoms with Gasteiger partial charge in [0.1, 0.15) is 17.6 Å². The fourth-order valence-electron chi connectivity index (χ4n) is 5.53. The second-order valence-corrected chi connectivity index (χ2v) is 10.3. The molecule has 5 rings (SSSR count). The van der Waals surface area contributed by atoms with Gasteiger partial charge >= 0.3 is 0 Å². The second kappa shape index (κ2) is 11.5. The van der Waals surface area contributed by atoms with Crippen molar-refractivity contribution in [3.8, 4) is 5.75 Å². The highest BCUT2D eigenvalue weighted by Crippen LogP contribution is 2.26. The van der Waals surface area contributed by atoms with E-state index in [1.165, 1.54) is 6.92 Å². The largest absolute Gasteiger partial charge is 0.493 e. The van der Waals surface area contributed by atoms with E-state index >= 15 is 0 Å². The molecule has 38 heavy (non-hydrogen) atoms. The van der Waals surface area contributed by atoms with Crippen molar-refractivity contribution in [1.29, 1.82) is 0 Å². The third-order valence-electron chi connectivity index (χ3n) is 7.61. The third-order valence-corrected chi connectivity index (χ3v) is 7.61. The Labute approximate surface area is 222 Å². The summed E-state index contributed by atoms with van der Waals surface area (Å²) in [6, 6.07) is 6.31. The summed E-state index contributed by atoms with van der Waals surface area (Å²) in [4.78, 5) is 47.5. The molecule has 4 atom stereocenters. The molecule has 0 radical (unpaired) electrons. The number of nitrogens with one attached hydrogen (secondary N) is 2. The molecule has 3 aliphatic heterocycles. The maximum Gasteiger partial charge on any atom is 0.258 e. The minimum Gasteiger partial charge on any atom is -0.493 e. The Bertz CT molecular complexity index is 1170. The first-order chi connectivity index (χ1) is 18.4. The molecule has 2 aromatic rings. The Kier molecular flexibility index (Phi) is 7.94. The Morgan fingerprint density at radius 3 is 2.82 bits per heavy atom. The lowest BCUT2D eigenvalue weighted by Crippen LogP contribution is -2.62. The lowest BCUT2D eigenvalue weighted by molar-refractivity contribution is -0.131. The maximum absolute atomic E-state index is 13.8. The molecular weight excluding hydrogens is 488 g/mol. The topological polar surface area (TPSA) is 118 Å². The van der Waals surface area contributed by atoms with E-state index in [-0.39, 0.29) is 42.5 Å². The van der Waals surface area contributed by atoms with E-state index in [1.54, 1.807) is 23.2 Å². The smallest absolute Gasteiger partial charge is 0.258 e. The van der Waals surface area contributed by atoms with Gasteiger partial charge in [-0.05, 0) is 25.0 Å². The van der Waals surface area contributed by atoms with Crippen molar-refractivity contribution in [2.45, 2.75) is 57.0 Å². The summed E-state index contributed by atoms with van der Waals surface area (Å²) in [5.41, 5.74) is 0.452. The molecule has 11 heteroatoms. The number of rotatable bonds is 3. The summed E-state index contributed by atoms with van der Waals surface area (Å²) in [6.45, 7) is 4.09. The number of nitrogens with zero attached hydrogens (tertiary/aromatic N) is 4. The number of benzene rings is 1. The number of piperazine rings is 1. The van der Waals surface area contributed by atoms with Gasteiger partial charge in [-0.2, -0.15) is 0 Å². The van der Waals surface area contributed by atoms with Gasteiger partial charge < -0.3 is 29.6 Å². The molecule has 4 heterocycles. The molecule has 3 aliphatic rings. The van der Waals surface area contributed by atoms with Gasteiger partial charge in [0.2, 0.25) is 11.8 Å². The van der Waals surface area contributed by atoms with Crippen LogP contribution in [0.3, 0.4) is 0 Å². The van der Waals surface area contributed by atoms with Gasteiger partial charge in [-0.1, -0.05) is 12.1 Å². The first-order valence-corrected chi connectivity index (χ1v) is 13.3. The highest BCUT2D eigenvalue weighted by molar-refractivity contribution is 6.00. The average Bonchev–Trinajstić information content (AvgIpc) is 3.31. The number of hydrogen-bond acceptors (Lipinski definition) is 7. The van der Waals surface area contributed by atoms with E-state index in [4.69, 9.17) is 9.47 Å². The van der Waals surface area contributed by atoms with Gasteiger partial charge in [-0.15, -0.1) is 0 Å². The molecule has 2 fully saturated rings. The van der Waals surface area contributed by atoms with E-state index in [1.807, 2.05) is 29.9 Å². The zero-order valence-corrected chi connectivity index (χ0v) is 22.0. The third kappa shape index (κ3) is 5.83. The molecule has 1 aromatic carbocycles. The van der Waals surface area contributed by atoms with Gasteiger partial charge in [0.15, 0.2) is 0 Å². The predicted octanol–water partition coefficient (Wildman–Crippen LogP) is 0.698. The van der Waals surface area contributed by atoms with Crippen LogP contribution >= 0.6 is 0 Å². The average molecular weight is 525 g/mol. The van der Waals surface area contributed by atoms with Crippen LogP contribution in [-0.2, 0) is 27.9 Å². The van der Waals surface area contributed by atoms with Crippen LogP contribution in [0.5, 0.6) is 5.75 Å². The number of amides is 3.